The molecule has 4 nitrogen and oxygen atoms in total. The lowest BCUT2D eigenvalue weighted by molar-refractivity contribution is -0.163. The summed E-state index contributed by atoms with van der Waals surface area (Å²) in [6.07, 6.45) is 0.228. The Morgan fingerprint density at radius 1 is 1.00 bits per heavy atom. The fourth-order valence-corrected chi connectivity index (χ4v) is 2.80. The minimum Gasteiger partial charge on any atom is -0.463 e. The minimum atomic E-state index is -0.577. The highest BCUT2D eigenvalue weighted by atomic mass is 16.6. The van der Waals surface area contributed by atoms with E-state index in [0.29, 0.717) is 6.42 Å². The molecule has 1 atom stereocenters. The van der Waals surface area contributed by atoms with Crippen molar-refractivity contribution in [2.75, 3.05) is 0 Å². The molecule has 0 aliphatic heterocycles. The number of ether oxygens (including phenoxy) is 2. The molecular formula is C22H28O4. The van der Waals surface area contributed by atoms with E-state index in [0.717, 1.165) is 16.3 Å². The second kappa shape index (κ2) is 8.35. The Balaban J connectivity index is 2.18. The van der Waals surface area contributed by atoms with Crippen molar-refractivity contribution in [1.82, 2.24) is 0 Å². The van der Waals surface area contributed by atoms with Gasteiger partial charge in [-0.3, -0.25) is 9.59 Å². The number of hydrogen-bond donors (Lipinski definition) is 0. The van der Waals surface area contributed by atoms with E-state index in [1.54, 1.807) is 13.8 Å². The lowest BCUT2D eigenvalue weighted by atomic mass is 9.94. The van der Waals surface area contributed by atoms with Crippen LogP contribution in [0.15, 0.2) is 42.5 Å². The SMILES string of the molecule is CC(C)OC(=O)[C@H](CC(=O)OC(C)(C)C)Cc1ccc2ccccc2c1. The second-order valence-corrected chi connectivity index (χ2v) is 7.86. The van der Waals surface area contributed by atoms with Gasteiger partial charge in [0, 0.05) is 0 Å². The van der Waals surface area contributed by atoms with E-state index in [1.165, 1.54) is 0 Å². The molecule has 0 aliphatic carbocycles. The first-order valence-corrected chi connectivity index (χ1v) is 9.04. The number of carbonyl (C=O) groups is 2. The fraction of sp³-hybridized carbons (Fsp3) is 0.455. The van der Waals surface area contributed by atoms with Crippen molar-refractivity contribution in [2.45, 2.75) is 59.2 Å². The summed E-state index contributed by atoms with van der Waals surface area (Å²) < 4.78 is 10.7. The van der Waals surface area contributed by atoms with Gasteiger partial charge in [0.15, 0.2) is 0 Å². The van der Waals surface area contributed by atoms with Crippen molar-refractivity contribution in [3.8, 4) is 0 Å². The van der Waals surface area contributed by atoms with Gasteiger partial charge in [0.05, 0.1) is 18.4 Å². The van der Waals surface area contributed by atoms with E-state index in [2.05, 4.69) is 6.07 Å². The monoisotopic (exact) mass is 356 g/mol. The quantitative estimate of drug-likeness (QED) is 0.705. The van der Waals surface area contributed by atoms with Crippen molar-refractivity contribution in [3.05, 3.63) is 48.0 Å². The van der Waals surface area contributed by atoms with Gasteiger partial charge >= 0.3 is 11.9 Å². The summed E-state index contributed by atoms with van der Waals surface area (Å²) in [4.78, 5) is 24.7. The Hall–Kier alpha value is -2.36. The molecule has 0 fully saturated rings. The van der Waals surface area contributed by atoms with Crippen LogP contribution in [0.1, 0.15) is 46.6 Å². The van der Waals surface area contributed by atoms with Crippen LogP contribution in [-0.4, -0.2) is 23.6 Å². The van der Waals surface area contributed by atoms with Gasteiger partial charge in [-0.1, -0.05) is 42.5 Å². The van der Waals surface area contributed by atoms with Crippen LogP contribution in [0.4, 0.5) is 0 Å². The predicted molar refractivity (Wildman–Crippen MR) is 103 cm³/mol. The molecule has 140 valence electrons. The van der Waals surface area contributed by atoms with E-state index >= 15 is 0 Å². The highest BCUT2D eigenvalue weighted by Crippen LogP contribution is 2.22. The first-order valence-electron chi connectivity index (χ1n) is 9.04. The van der Waals surface area contributed by atoms with Gasteiger partial charge < -0.3 is 9.47 Å². The molecule has 0 N–H and O–H groups in total. The van der Waals surface area contributed by atoms with Crippen LogP contribution in [0.25, 0.3) is 10.8 Å². The van der Waals surface area contributed by atoms with Crippen molar-refractivity contribution in [2.24, 2.45) is 5.92 Å². The van der Waals surface area contributed by atoms with Gasteiger partial charge in [-0.25, -0.2) is 0 Å². The summed E-state index contributed by atoms with van der Waals surface area (Å²) in [6, 6.07) is 14.1. The van der Waals surface area contributed by atoms with Gasteiger partial charge in [0.1, 0.15) is 5.60 Å². The van der Waals surface area contributed by atoms with E-state index in [4.69, 9.17) is 9.47 Å². The maximum Gasteiger partial charge on any atom is 0.310 e. The third-order valence-electron chi connectivity index (χ3n) is 3.81. The Morgan fingerprint density at radius 2 is 1.65 bits per heavy atom. The lowest BCUT2D eigenvalue weighted by Crippen LogP contribution is -2.30. The molecule has 0 aromatic heterocycles. The summed E-state index contributed by atoms with van der Waals surface area (Å²) in [5.41, 5.74) is 0.421. The molecule has 0 radical (unpaired) electrons. The van der Waals surface area contributed by atoms with Crippen LogP contribution in [0.3, 0.4) is 0 Å². The fourth-order valence-electron chi connectivity index (χ4n) is 2.80. The number of benzene rings is 2. The molecule has 0 saturated carbocycles. The Labute approximate surface area is 155 Å². The highest BCUT2D eigenvalue weighted by Gasteiger charge is 2.27. The van der Waals surface area contributed by atoms with E-state index < -0.39 is 11.5 Å². The van der Waals surface area contributed by atoms with Crippen molar-refractivity contribution < 1.29 is 19.1 Å². The maximum atomic E-state index is 12.5. The molecule has 0 aliphatic rings. The van der Waals surface area contributed by atoms with E-state index in [-0.39, 0.29) is 24.5 Å². The van der Waals surface area contributed by atoms with Crippen LogP contribution >= 0.6 is 0 Å². The van der Waals surface area contributed by atoms with Gasteiger partial charge in [0.25, 0.3) is 0 Å². The summed E-state index contributed by atoms with van der Waals surface area (Å²) in [5.74, 6) is -1.31. The third-order valence-corrected chi connectivity index (χ3v) is 3.81. The third kappa shape index (κ3) is 6.17. The maximum absolute atomic E-state index is 12.5. The highest BCUT2D eigenvalue weighted by molar-refractivity contribution is 5.84. The summed E-state index contributed by atoms with van der Waals surface area (Å²) in [5, 5.41) is 2.25. The largest absolute Gasteiger partial charge is 0.463 e. The number of esters is 2. The molecule has 2 rings (SSSR count). The number of rotatable bonds is 6. The smallest absolute Gasteiger partial charge is 0.310 e. The lowest BCUT2D eigenvalue weighted by Gasteiger charge is -2.22. The Bertz CT molecular complexity index is 771. The van der Waals surface area contributed by atoms with Crippen LogP contribution in [-0.2, 0) is 25.5 Å². The zero-order valence-corrected chi connectivity index (χ0v) is 16.2. The average Bonchev–Trinajstić information content (AvgIpc) is 2.51. The standard InChI is InChI=1S/C22H28O4/c1-15(2)25-21(24)19(14-20(23)26-22(3,4)5)13-16-10-11-17-8-6-7-9-18(17)12-16/h6-12,15,19H,13-14H2,1-5H3/t19-/m0/s1. The average molecular weight is 356 g/mol. The summed E-state index contributed by atoms with van der Waals surface area (Å²) in [6.45, 7) is 9.05. The number of hydrogen-bond acceptors (Lipinski definition) is 4. The van der Waals surface area contributed by atoms with Gasteiger partial charge in [-0.2, -0.15) is 0 Å². The molecule has 0 heterocycles. The van der Waals surface area contributed by atoms with Gasteiger partial charge in [0.2, 0.25) is 0 Å². The molecule has 0 unspecified atom stereocenters. The second-order valence-electron chi connectivity index (χ2n) is 7.86. The van der Waals surface area contributed by atoms with Gasteiger partial charge in [-0.05, 0) is 57.4 Å². The molecule has 0 amide bonds. The predicted octanol–water partition coefficient (Wildman–Crippen LogP) is 4.68. The normalized spacial score (nSPS) is 12.8. The van der Waals surface area contributed by atoms with Crippen LogP contribution in [0.2, 0.25) is 0 Å². The van der Waals surface area contributed by atoms with Crippen LogP contribution < -0.4 is 0 Å². The molecule has 0 bridgehead atoms. The zero-order valence-electron chi connectivity index (χ0n) is 16.2. The topological polar surface area (TPSA) is 52.6 Å². The molecule has 2 aromatic carbocycles. The number of carbonyl (C=O) groups excluding carboxylic acids is 2. The van der Waals surface area contributed by atoms with Crippen LogP contribution in [0.5, 0.6) is 0 Å². The van der Waals surface area contributed by atoms with Crippen molar-refractivity contribution >= 4 is 22.7 Å². The van der Waals surface area contributed by atoms with Crippen molar-refractivity contribution in [1.29, 1.82) is 0 Å². The summed E-state index contributed by atoms with van der Waals surface area (Å²) in [7, 11) is 0. The first kappa shape index (κ1) is 20.0. The Morgan fingerprint density at radius 3 is 2.27 bits per heavy atom. The molecule has 2 aromatic rings. The zero-order chi connectivity index (χ0) is 19.3. The molecule has 26 heavy (non-hydrogen) atoms. The minimum absolute atomic E-state index is 0.00957. The van der Waals surface area contributed by atoms with Crippen molar-refractivity contribution in [3.63, 3.8) is 0 Å². The number of fused-ring (bicyclic) bond motifs is 1. The van der Waals surface area contributed by atoms with E-state index in [9.17, 15) is 9.59 Å². The molecule has 4 heteroatoms. The molecule has 0 saturated heterocycles. The molecule has 0 spiro atoms. The van der Waals surface area contributed by atoms with Gasteiger partial charge in [-0.15, -0.1) is 0 Å². The Kier molecular flexibility index (Phi) is 6.41. The summed E-state index contributed by atoms with van der Waals surface area (Å²) >= 11 is 0. The van der Waals surface area contributed by atoms with E-state index in [1.807, 2.05) is 57.2 Å². The first-order chi connectivity index (χ1) is 12.1. The molecular weight excluding hydrogens is 328 g/mol. The van der Waals surface area contributed by atoms with Crippen LogP contribution in [0, 0.1) is 5.92 Å².